The van der Waals surface area contributed by atoms with Crippen molar-refractivity contribution >= 4 is 29.3 Å². The molecule has 2 aromatic carbocycles. The highest BCUT2D eigenvalue weighted by Crippen LogP contribution is 2.26. The number of carbonyl (C=O) groups excluding carboxylic acids is 1. The number of aryl methyl sites for hydroxylation is 2. The fraction of sp³-hybridized carbons (Fsp3) is 0.435. The Labute approximate surface area is 177 Å². The molecule has 5 heteroatoms. The molecule has 1 aliphatic rings. The number of ether oxygens (including phenoxy) is 1. The monoisotopic (exact) mass is 417 g/mol. The van der Waals surface area contributed by atoms with Crippen LogP contribution in [0.2, 0.25) is 5.02 Å². The van der Waals surface area contributed by atoms with Crippen LogP contribution in [-0.2, 0) is 23.4 Å². The molecule has 2 aromatic rings. The number of fused-ring (bicyclic) bond motifs is 1. The second kappa shape index (κ2) is 10.8. The van der Waals surface area contributed by atoms with Gasteiger partial charge in [-0.25, -0.2) is 0 Å². The van der Waals surface area contributed by atoms with Crippen molar-refractivity contribution in [1.82, 2.24) is 5.32 Å². The molecule has 0 unspecified atom stereocenters. The zero-order chi connectivity index (χ0) is 19.8. The van der Waals surface area contributed by atoms with Crippen molar-refractivity contribution in [3.8, 4) is 5.75 Å². The maximum atomic E-state index is 12.5. The van der Waals surface area contributed by atoms with Gasteiger partial charge >= 0.3 is 0 Å². The van der Waals surface area contributed by atoms with Crippen LogP contribution < -0.4 is 10.1 Å². The van der Waals surface area contributed by atoms with E-state index in [1.54, 1.807) is 11.8 Å². The van der Waals surface area contributed by atoms with Crippen molar-refractivity contribution in [2.75, 3.05) is 12.3 Å². The van der Waals surface area contributed by atoms with Gasteiger partial charge in [-0.1, -0.05) is 42.8 Å². The summed E-state index contributed by atoms with van der Waals surface area (Å²) >= 11 is 7.93. The molecular formula is C23H28ClNO2S. The third-order valence-electron chi connectivity index (χ3n) is 5.02. The summed E-state index contributed by atoms with van der Waals surface area (Å²) in [5.74, 6) is 2.44. The summed E-state index contributed by atoms with van der Waals surface area (Å²) in [6, 6.07) is 14.1. The van der Waals surface area contributed by atoms with E-state index >= 15 is 0 Å². The Morgan fingerprint density at radius 1 is 1.18 bits per heavy atom. The van der Waals surface area contributed by atoms with E-state index in [0.29, 0.717) is 13.0 Å². The number of amides is 1. The molecule has 1 atom stereocenters. The zero-order valence-electron chi connectivity index (χ0n) is 16.4. The highest BCUT2D eigenvalue weighted by Gasteiger charge is 2.19. The molecule has 0 radical (unpaired) electrons. The molecule has 1 aliphatic carbocycles. The largest absolute Gasteiger partial charge is 0.481 e. The third-order valence-corrected chi connectivity index (χ3v) is 6.40. The Hall–Kier alpha value is -1.65. The topological polar surface area (TPSA) is 38.3 Å². The SMILES string of the molecule is CC[C@@H](Oc1ccc2c(c1)CCCC2)C(=O)NCCSCc1ccccc1Cl. The highest BCUT2D eigenvalue weighted by molar-refractivity contribution is 7.98. The molecule has 0 fully saturated rings. The Kier molecular flexibility index (Phi) is 8.11. The first-order chi connectivity index (χ1) is 13.7. The van der Waals surface area contributed by atoms with Gasteiger partial charge in [0.05, 0.1) is 0 Å². The van der Waals surface area contributed by atoms with Crippen LogP contribution >= 0.6 is 23.4 Å². The van der Waals surface area contributed by atoms with Crippen LogP contribution in [-0.4, -0.2) is 24.3 Å². The fourth-order valence-corrected chi connectivity index (χ4v) is 4.57. The first-order valence-electron chi connectivity index (χ1n) is 10.0. The quantitative estimate of drug-likeness (QED) is 0.553. The van der Waals surface area contributed by atoms with Gasteiger partial charge in [0.15, 0.2) is 6.10 Å². The predicted octanol–water partition coefficient (Wildman–Crippen LogP) is 5.43. The number of nitrogens with one attached hydrogen (secondary N) is 1. The molecule has 0 saturated heterocycles. The van der Waals surface area contributed by atoms with E-state index in [2.05, 4.69) is 17.4 Å². The predicted molar refractivity (Wildman–Crippen MR) is 118 cm³/mol. The molecule has 0 aliphatic heterocycles. The number of hydrogen-bond donors (Lipinski definition) is 1. The summed E-state index contributed by atoms with van der Waals surface area (Å²) in [7, 11) is 0. The Morgan fingerprint density at radius 2 is 1.96 bits per heavy atom. The molecule has 28 heavy (non-hydrogen) atoms. The average Bonchev–Trinajstić information content (AvgIpc) is 2.72. The first-order valence-corrected chi connectivity index (χ1v) is 11.6. The minimum atomic E-state index is -0.449. The summed E-state index contributed by atoms with van der Waals surface area (Å²) < 4.78 is 6.00. The number of rotatable bonds is 9. The van der Waals surface area contributed by atoms with Gasteiger partial charge in [0.1, 0.15) is 5.75 Å². The van der Waals surface area contributed by atoms with Crippen molar-refractivity contribution in [3.05, 3.63) is 64.2 Å². The molecular weight excluding hydrogens is 390 g/mol. The molecule has 3 nitrogen and oxygen atoms in total. The third kappa shape index (κ3) is 5.92. The van der Waals surface area contributed by atoms with Gasteiger partial charge in [-0.2, -0.15) is 11.8 Å². The van der Waals surface area contributed by atoms with Gasteiger partial charge in [-0.3, -0.25) is 4.79 Å². The van der Waals surface area contributed by atoms with Crippen molar-refractivity contribution in [2.24, 2.45) is 0 Å². The van der Waals surface area contributed by atoms with Gasteiger partial charge in [0.2, 0.25) is 0 Å². The van der Waals surface area contributed by atoms with Gasteiger partial charge in [-0.15, -0.1) is 0 Å². The van der Waals surface area contributed by atoms with Crippen molar-refractivity contribution < 1.29 is 9.53 Å². The first kappa shape index (κ1) is 21.1. The van der Waals surface area contributed by atoms with Gasteiger partial charge in [-0.05, 0) is 67.0 Å². The fourth-order valence-electron chi connectivity index (χ4n) is 3.43. The normalized spacial score (nSPS) is 14.2. The highest BCUT2D eigenvalue weighted by atomic mass is 35.5. The number of benzene rings is 2. The zero-order valence-corrected chi connectivity index (χ0v) is 18.0. The van der Waals surface area contributed by atoms with Crippen molar-refractivity contribution in [3.63, 3.8) is 0 Å². The van der Waals surface area contributed by atoms with E-state index in [-0.39, 0.29) is 5.91 Å². The lowest BCUT2D eigenvalue weighted by Crippen LogP contribution is -2.39. The molecule has 1 N–H and O–H groups in total. The summed E-state index contributed by atoms with van der Waals surface area (Å²) in [5, 5.41) is 3.79. The minimum absolute atomic E-state index is 0.0430. The maximum Gasteiger partial charge on any atom is 0.261 e. The summed E-state index contributed by atoms with van der Waals surface area (Å²) in [6.45, 7) is 2.60. The number of halogens is 1. The van der Waals surface area contributed by atoms with Gasteiger partial charge in [0, 0.05) is 23.1 Å². The van der Waals surface area contributed by atoms with Crippen LogP contribution in [0.1, 0.15) is 42.9 Å². The number of thioether (sulfide) groups is 1. The molecule has 0 heterocycles. The lowest BCUT2D eigenvalue weighted by molar-refractivity contribution is -0.127. The lowest BCUT2D eigenvalue weighted by Gasteiger charge is -2.20. The Balaban J connectivity index is 1.43. The van der Waals surface area contributed by atoms with Gasteiger partial charge < -0.3 is 10.1 Å². The van der Waals surface area contributed by atoms with E-state index in [9.17, 15) is 4.79 Å². The van der Waals surface area contributed by atoms with Crippen LogP contribution in [0.5, 0.6) is 5.75 Å². The maximum absolute atomic E-state index is 12.5. The standard InChI is InChI=1S/C23H28ClNO2S/c1-2-22(27-20-12-11-17-7-3-4-8-18(17)15-20)23(26)25-13-14-28-16-19-9-5-6-10-21(19)24/h5-6,9-12,15,22H,2-4,7-8,13-14,16H2,1H3,(H,25,26)/t22-/m1/s1. The van der Waals surface area contributed by atoms with E-state index in [1.807, 2.05) is 37.3 Å². The van der Waals surface area contributed by atoms with Crippen molar-refractivity contribution in [1.29, 1.82) is 0 Å². The molecule has 0 saturated carbocycles. The summed E-state index contributed by atoms with van der Waals surface area (Å²) in [5.41, 5.74) is 3.92. The second-order valence-corrected chi connectivity index (χ2v) is 8.60. The molecule has 1 amide bonds. The van der Waals surface area contributed by atoms with Crippen LogP contribution in [0.3, 0.4) is 0 Å². The number of carbonyl (C=O) groups is 1. The van der Waals surface area contributed by atoms with Crippen LogP contribution in [0.15, 0.2) is 42.5 Å². The molecule has 0 aromatic heterocycles. The van der Waals surface area contributed by atoms with Gasteiger partial charge in [0.25, 0.3) is 5.91 Å². The summed E-state index contributed by atoms with van der Waals surface area (Å²) in [4.78, 5) is 12.5. The average molecular weight is 418 g/mol. The molecule has 150 valence electrons. The Bertz CT molecular complexity index is 796. The smallest absolute Gasteiger partial charge is 0.261 e. The summed E-state index contributed by atoms with van der Waals surface area (Å²) in [6.07, 6.45) is 4.96. The number of hydrogen-bond acceptors (Lipinski definition) is 3. The molecule has 0 bridgehead atoms. The van der Waals surface area contributed by atoms with E-state index in [0.717, 1.165) is 40.7 Å². The van der Waals surface area contributed by atoms with E-state index in [4.69, 9.17) is 16.3 Å². The van der Waals surface area contributed by atoms with E-state index in [1.165, 1.54) is 24.0 Å². The second-order valence-electron chi connectivity index (χ2n) is 7.09. The minimum Gasteiger partial charge on any atom is -0.481 e. The van der Waals surface area contributed by atoms with Crippen LogP contribution in [0.25, 0.3) is 0 Å². The van der Waals surface area contributed by atoms with Crippen LogP contribution in [0.4, 0.5) is 0 Å². The lowest BCUT2D eigenvalue weighted by atomic mass is 9.92. The Morgan fingerprint density at radius 3 is 2.75 bits per heavy atom. The molecule has 3 rings (SSSR count). The van der Waals surface area contributed by atoms with E-state index < -0.39 is 6.10 Å². The van der Waals surface area contributed by atoms with Crippen LogP contribution in [0, 0.1) is 0 Å². The molecule has 0 spiro atoms. The van der Waals surface area contributed by atoms with Crippen molar-refractivity contribution in [2.45, 2.75) is 50.9 Å².